The van der Waals surface area contributed by atoms with Gasteiger partial charge in [0.25, 0.3) is 0 Å². The summed E-state index contributed by atoms with van der Waals surface area (Å²) in [5.41, 5.74) is 13.8. The average Bonchev–Trinajstić information content (AvgIpc) is 2.98. The van der Waals surface area contributed by atoms with E-state index in [0.29, 0.717) is 19.2 Å². The Bertz CT molecular complexity index is 1030. The van der Waals surface area contributed by atoms with E-state index in [1.165, 1.54) is 6.08 Å². The van der Waals surface area contributed by atoms with Gasteiger partial charge >= 0.3 is 0 Å². The van der Waals surface area contributed by atoms with Crippen LogP contribution in [0.5, 0.6) is 0 Å². The van der Waals surface area contributed by atoms with Crippen molar-refractivity contribution in [2.75, 3.05) is 10.6 Å². The molecule has 0 saturated heterocycles. The van der Waals surface area contributed by atoms with Gasteiger partial charge in [0.05, 0.1) is 11.2 Å². The molecular formula is C21H22N4O2. The number of aromatic nitrogens is 1. The van der Waals surface area contributed by atoms with Crippen LogP contribution in [0.25, 0.3) is 22.0 Å². The van der Waals surface area contributed by atoms with Crippen LogP contribution in [0.3, 0.4) is 0 Å². The molecule has 1 heterocycles. The Morgan fingerprint density at radius 2 is 1.85 bits per heavy atom. The summed E-state index contributed by atoms with van der Waals surface area (Å²) >= 11 is 0. The maximum atomic E-state index is 10.9. The molecule has 5 N–H and O–H groups in total. The highest BCUT2D eigenvalue weighted by molar-refractivity contribution is 6.06. The minimum Gasteiger partial charge on any atom is -0.362 e. The van der Waals surface area contributed by atoms with Crippen LogP contribution >= 0.6 is 0 Å². The summed E-state index contributed by atoms with van der Waals surface area (Å²) < 4.78 is 0. The normalized spacial score (nSPS) is 11.1. The first-order valence-electron chi connectivity index (χ1n) is 8.63. The van der Waals surface area contributed by atoms with Crippen LogP contribution in [0.1, 0.15) is 16.8 Å². The fraction of sp³-hybridized carbons (Fsp3) is 0.143. The van der Waals surface area contributed by atoms with Crippen LogP contribution < -0.4 is 16.4 Å². The van der Waals surface area contributed by atoms with Crippen molar-refractivity contribution in [3.8, 4) is 11.1 Å². The monoisotopic (exact) mass is 362 g/mol. The number of hydrogen-bond donors (Lipinski definition) is 4. The van der Waals surface area contributed by atoms with Crippen molar-refractivity contribution in [3.05, 3.63) is 59.4 Å². The summed E-state index contributed by atoms with van der Waals surface area (Å²) in [6.07, 6.45) is 4.37. The first-order chi connectivity index (χ1) is 13.1. The van der Waals surface area contributed by atoms with Gasteiger partial charge < -0.3 is 21.4 Å². The third kappa shape index (κ3) is 3.47. The molecule has 1 aromatic heterocycles. The molecule has 27 heavy (non-hydrogen) atoms. The molecule has 0 atom stereocenters. The standard InChI is InChI=1S/C21H22N4O2/c1-13-14(2)25-21-19(24-12-27)7-6-18(20(13)21)17-5-4-16(10-15(17)11-22)23-8-3-9-26/h3-10,12,23,25H,11,22H2,1-2H3,(H,24,27). The van der Waals surface area contributed by atoms with Crippen molar-refractivity contribution in [3.63, 3.8) is 0 Å². The first kappa shape index (κ1) is 18.4. The number of carbonyl (C=O) groups excluding carboxylic acids is 2. The molecule has 0 fully saturated rings. The van der Waals surface area contributed by atoms with E-state index >= 15 is 0 Å². The second-order valence-corrected chi connectivity index (χ2v) is 6.26. The van der Waals surface area contributed by atoms with Crippen molar-refractivity contribution in [2.24, 2.45) is 5.73 Å². The van der Waals surface area contributed by atoms with E-state index in [9.17, 15) is 9.59 Å². The van der Waals surface area contributed by atoms with E-state index in [-0.39, 0.29) is 0 Å². The van der Waals surface area contributed by atoms with Crippen LogP contribution in [0.4, 0.5) is 11.4 Å². The Kier molecular flexibility index (Phi) is 5.38. The molecule has 3 aromatic rings. The number of aryl methyl sites for hydroxylation is 2. The Balaban J connectivity index is 2.17. The highest BCUT2D eigenvalue weighted by Gasteiger charge is 2.16. The van der Waals surface area contributed by atoms with Crippen LogP contribution in [-0.2, 0) is 16.1 Å². The number of H-pyrrole nitrogens is 1. The van der Waals surface area contributed by atoms with Crippen molar-refractivity contribution in [1.82, 2.24) is 4.98 Å². The second kappa shape index (κ2) is 7.88. The minimum absolute atomic E-state index is 0.376. The number of hydrogen-bond acceptors (Lipinski definition) is 4. The number of aromatic amines is 1. The maximum Gasteiger partial charge on any atom is 0.211 e. The lowest BCUT2D eigenvalue weighted by Gasteiger charge is -2.14. The van der Waals surface area contributed by atoms with Gasteiger partial charge in [0, 0.05) is 29.5 Å². The van der Waals surface area contributed by atoms with Crippen LogP contribution in [-0.4, -0.2) is 17.7 Å². The van der Waals surface area contributed by atoms with E-state index in [1.54, 1.807) is 6.20 Å². The molecule has 0 unspecified atom stereocenters. The second-order valence-electron chi connectivity index (χ2n) is 6.26. The van der Waals surface area contributed by atoms with Gasteiger partial charge in [-0.2, -0.15) is 0 Å². The number of aldehydes is 1. The van der Waals surface area contributed by atoms with Gasteiger partial charge in [-0.1, -0.05) is 12.1 Å². The summed E-state index contributed by atoms with van der Waals surface area (Å²) in [5.74, 6) is 0. The van der Waals surface area contributed by atoms with E-state index in [1.807, 2.05) is 37.3 Å². The number of rotatable bonds is 7. The molecule has 0 aliphatic rings. The number of benzene rings is 2. The SMILES string of the molecule is Cc1[nH]c2c(NC=O)ccc(-c3ccc(NC=CC=O)cc3CN)c2c1C. The number of nitrogens with one attached hydrogen (secondary N) is 3. The molecular weight excluding hydrogens is 340 g/mol. The van der Waals surface area contributed by atoms with Gasteiger partial charge in [-0.3, -0.25) is 9.59 Å². The third-order valence-electron chi connectivity index (χ3n) is 4.71. The molecule has 6 nitrogen and oxygen atoms in total. The fourth-order valence-electron chi connectivity index (χ4n) is 3.30. The summed E-state index contributed by atoms with van der Waals surface area (Å²) in [6, 6.07) is 9.83. The van der Waals surface area contributed by atoms with Crippen LogP contribution in [0, 0.1) is 13.8 Å². The summed E-state index contributed by atoms with van der Waals surface area (Å²) in [7, 11) is 0. The Hall–Kier alpha value is -3.38. The highest BCUT2D eigenvalue weighted by Crippen LogP contribution is 2.38. The fourth-order valence-corrected chi connectivity index (χ4v) is 3.30. The molecule has 0 spiro atoms. The number of carbonyl (C=O) groups is 2. The Labute approximate surface area is 157 Å². The molecule has 0 bridgehead atoms. The van der Waals surface area contributed by atoms with Crippen molar-refractivity contribution in [2.45, 2.75) is 20.4 Å². The van der Waals surface area contributed by atoms with E-state index in [2.05, 4.69) is 22.5 Å². The largest absolute Gasteiger partial charge is 0.362 e. The maximum absolute atomic E-state index is 10.9. The topological polar surface area (TPSA) is 100 Å². The van der Waals surface area contributed by atoms with Gasteiger partial charge in [-0.25, -0.2) is 0 Å². The lowest BCUT2D eigenvalue weighted by Crippen LogP contribution is -2.01. The van der Waals surface area contributed by atoms with Crippen molar-refractivity contribution in [1.29, 1.82) is 0 Å². The predicted molar refractivity (Wildman–Crippen MR) is 110 cm³/mol. The molecule has 2 aromatic carbocycles. The van der Waals surface area contributed by atoms with Gasteiger partial charge in [0.2, 0.25) is 6.41 Å². The summed E-state index contributed by atoms with van der Waals surface area (Å²) in [6.45, 7) is 4.45. The molecule has 3 rings (SSSR count). The van der Waals surface area contributed by atoms with Gasteiger partial charge in [0.15, 0.2) is 0 Å². The quantitative estimate of drug-likeness (QED) is 0.381. The first-order valence-corrected chi connectivity index (χ1v) is 8.63. The number of fused-ring (bicyclic) bond motifs is 1. The zero-order valence-corrected chi connectivity index (χ0v) is 15.3. The van der Waals surface area contributed by atoms with E-state index in [4.69, 9.17) is 5.73 Å². The van der Waals surface area contributed by atoms with Crippen LogP contribution in [0.2, 0.25) is 0 Å². The van der Waals surface area contributed by atoms with Gasteiger partial charge in [-0.15, -0.1) is 0 Å². The lowest BCUT2D eigenvalue weighted by molar-refractivity contribution is -0.105. The number of amides is 1. The smallest absolute Gasteiger partial charge is 0.211 e. The summed E-state index contributed by atoms with van der Waals surface area (Å²) in [4.78, 5) is 24.7. The molecule has 138 valence electrons. The minimum atomic E-state index is 0.376. The number of nitrogens with two attached hydrogens (primary N) is 1. The zero-order valence-electron chi connectivity index (χ0n) is 15.3. The molecule has 0 aliphatic carbocycles. The Morgan fingerprint density at radius 3 is 2.56 bits per heavy atom. The van der Waals surface area contributed by atoms with Gasteiger partial charge in [-0.05, 0) is 60.4 Å². The average molecular weight is 362 g/mol. The lowest BCUT2D eigenvalue weighted by atomic mass is 9.94. The number of anilines is 2. The molecule has 0 saturated carbocycles. The van der Waals surface area contributed by atoms with Crippen LogP contribution in [0.15, 0.2) is 42.6 Å². The molecule has 6 heteroatoms. The van der Waals surface area contributed by atoms with E-state index < -0.39 is 0 Å². The predicted octanol–water partition coefficient (Wildman–Crippen LogP) is 3.60. The third-order valence-corrected chi connectivity index (χ3v) is 4.71. The van der Waals surface area contributed by atoms with Crippen molar-refractivity contribution >= 4 is 35.0 Å². The number of allylic oxidation sites excluding steroid dienone is 1. The Morgan fingerprint density at radius 1 is 1.07 bits per heavy atom. The highest BCUT2D eigenvalue weighted by atomic mass is 16.1. The molecule has 0 radical (unpaired) electrons. The molecule has 0 aliphatic heterocycles. The molecule has 1 amide bonds. The summed E-state index contributed by atoms with van der Waals surface area (Å²) in [5, 5.41) is 6.87. The zero-order chi connectivity index (χ0) is 19.4. The van der Waals surface area contributed by atoms with Gasteiger partial charge in [0.1, 0.15) is 6.29 Å². The van der Waals surface area contributed by atoms with Crippen molar-refractivity contribution < 1.29 is 9.59 Å². The van der Waals surface area contributed by atoms with E-state index in [0.717, 1.165) is 50.2 Å².